The topological polar surface area (TPSA) is 149 Å². The summed E-state index contributed by atoms with van der Waals surface area (Å²) in [5.41, 5.74) is -0.142. The molecule has 9 heteroatoms. The van der Waals surface area contributed by atoms with Gasteiger partial charge in [0, 0.05) is 5.39 Å². The van der Waals surface area contributed by atoms with E-state index in [9.17, 15) is 19.2 Å². The van der Waals surface area contributed by atoms with E-state index < -0.39 is 35.9 Å². The van der Waals surface area contributed by atoms with Gasteiger partial charge in [0.1, 0.15) is 6.04 Å². The Balaban J connectivity index is 2.20. The van der Waals surface area contributed by atoms with E-state index in [1.54, 1.807) is 24.3 Å². The lowest BCUT2D eigenvalue weighted by atomic mass is 10.1. The molecule has 120 valence electrons. The number of aromatic amines is 1. The number of carboxylic acids is 2. The van der Waals surface area contributed by atoms with E-state index in [1.165, 1.54) is 0 Å². The monoisotopic (exact) mass is 319 g/mol. The van der Waals surface area contributed by atoms with Gasteiger partial charge in [-0.2, -0.15) is 5.10 Å². The molecule has 0 saturated carbocycles. The summed E-state index contributed by atoms with van der Waals surface area (Å²) in [5.74, 6) is -3.49. The van der Waals surface area contributed by atoms with E-state index in [0.29, 0.717) is 10.8 Å². The van der Waals surface area contributed by atoms with E-state index in [0.717, 1.165) is 0 Å². The Morgan fingerprint density at radius 2 is 1.83 bits per heavy atom. The van der Waals surface area contributed by atoms with Crippen molar-refractivity contribution in [1.82, 2.24) is 15.5 Å². The molecule has 0 aliphatic heterocycles. The number of hydrogen-bond acceptors (Lipinski definition) is 5. The summed E-state index contributed by atoms with van der Waals surface area (Å²) >= 11 is 0. The molecule has 0 saturated heterocycles. The van der Waals surface area contributed by atoms with Gasteiger partial charge >= 0.3 is 11.9 Å². The Morgan fingerprint density at radius 1 is 1.17 bits per heavy atom. The van der Waals surface area contributed by atoms with Crippen molar-refractivity contribution in [3.8, 4) is 0 Å². The van der Waals surface area contributed by atoms with Gasteiger partial charge in [-0.15, -0.1) is 0 Å². The Hall–Kier alpha value is -3.23. The summed E-state index contributed by atoms with van der Waals surface area (Å²) in [4.78, 5) is 45.1. The van der Waals surface area contributed by atoms with Crippen LogP contribution in [0.3, 0.4) is 0 Å². The molecule has 4 N–H and O–H groups in total. The van der Waals surface area contributed by atoms with Gasteiger partial charge < -0.3 is 15.5 Å². The highest BCUT2D eigenvalue weighted by molar-refractivity contribution is 5.91. The zero-order chi connectivity index (χ0) is 17.0. The minimum absolute atomic E-state index is 0.261. The molecule has 1 aromatic heterocycles. The number of nitrogens with zero attached hydrogens (tertiary/aromatic N) is 1. The number of fused-ring (bicyclic) bond motifs is 1. The van der Waals surface area contributed by atoms with E-state index in [2.05, 4.69) is 15.5 Å². The maximum atomic E-state index is 11.9. The van der Waals surface area contributed by atoms with Crippen LogP contribution in [0, 0.1) is 0 Å². The lowest BCUT2D eigenvalue weighted by Crippen LogP contribution is -2.43. The van der Waals surface area contributed by atoms with Crippen molar-refractivity contribution < 1.29 is 24.6 Å². The number of amides is 1. The van der Waals surface area contributed by atoms with Crippen molar-refractivity contribution >= 4 is 28.6 Å². The second-order valence-electron chi connectivity index (χ2n) is 4.78. The van der Waals surface area contributed by atoms with Crippen molar-refractivity contribution in [1.29, 1.82) is 0 Å². The molecule has 2 aromatic rings. The second-order valence-corrected chi connectivity index (χ2v) is 4.78. The Labute approximate surface area is 128 Å². The maximum absolute atomic E-state index is 11.9. The molecule has 0 bridgehead atoms. The van der Waals surface area contributed by atoms with Crippen LogP contribution in [-0.2, 0) is 20.8 Å². The highest BCUT2D eigenvalue weighted by Crippen LogP contribution is 2.12. The van der Waals surface area contributed by atoms with Crippen LogP contribution in [0.5, 0.6) is 0 Å². The van der Waals surface area contributed by atoms with Gasteiger partial charge in [-0.3, -0.25) is 14.4 Å². The van der Waals surface area contributed by atoms with Gasteiger partial charge in [0.25, 0.3) is 5.56 Å². The quantitative estimate of drug-likeness (QED) is 0.561. The van der Waals surface area contributed by atoms with Gasteiger partial charge in [-0.1, -0.05) is 18.2 Å². The molecule has 0 spiro atoms. The zero-order valence-corrected chi connectivity index (χ0v) is 11.8. The van der Waals surface area contributed by atoms with Gasteiger partial charge in [-0.05, 0) is 6.07 Å². The van der Waals surface area contributed by atoms with Crippen LogP contribution >= 0.6 is 0 Å². The van der Waals surface area contributed by atoms with Crippen LogP contribution in [-0.4, -0.2) is 44.3 Å². The number of aromatic nitrogens is 2. The van der Waals surface area contributed by atoms with Crippen molar-refractivity contribution in [2.45, 2.75) is 18.9 Å². The molecule has 0 aliphatic carbocycles. The minimum atomic E-state index is -1.53. The van der Waals surface area contributed by atoms with Crippen molar-refractivity contribution in [3.05, 3.63) is 40.3 Å². The van der Waals surface area contributed by atoms with E-state index in [4.69, 9.17) is 10.2 Å². The minimum Gasteiger partial charge on any atom is -0.481 e. The molecule has 0 radical (unpaired) electrons. The summed E-state index contributed by atoms with van der Waals surface area (Å²) in [6.45, 7) is 0. The highest BCUT2D eigenvalue weighted by atomic mass is 16.4. The third-order valence-electron chi connectivity index (χ3n) is 3.12. The largest absolute Gasteiger partial charge is 0.481 e. The van der Waals surface area contributed by atoms with Crippen molar-refractivity contribution in [3.63, 3.8) is 0 Å². The number of hydrogen-bond donors (Lipinski definition) is 4. The molecular weight excluding hydrogens is 306 g/mol. The summed E-state index contributed by atoms with van der Waals surface area (Å²) in [7, 11) is 0. The molecule has 0 fully saturated rings. The first-order valence-electron chi connectivity index (χ1n) is 6.58. The third-order valence-corrected chi connectivity index (χ3v) is 3.12. The van der Waals surface area contributed by atoms with Gasteiger partial charge in [-0.25, -0.2) is 9.89 Å². The lowest BCUT2D eigenvalue weighted by Gasteiger charge is -2.12. The summed E-state index contributed by atoms with van der Waals surface area (Å²) in [5, 5.41) is 26.5. The van der Waals surface area contributed by atoms with Gasteiger partial charge in [0.05, 0.1) is 23.9 Å². The SMILES string of the molecule is O=C(O)C[C@H](NC(=O)Cc1n[nH]c(=O)c2ccccc12)C(=O)O. The van der Waals surface area contributed by atoms with Crippen LogP contribution in [0.2, 0.25) is 0 Å². The Kier molecular flexibility index (Phi) is 4.69. The fraction of sp³-hybridized carbons (Fsp3) is 0.214. The van der Waals surface area contributed by atoms with Crippen molar-refractivity contribution in [2.24, 2.45) is 0 Å². The molecule has 0 unspecified atom stereocenters. The standard InChI is InChI=1S/C14H13N3O6/c18-11(15-10(14(22)23)6-12(19)20)5-9-7-3-1-2-4-8(7)13(21)17-16-9/h1-4,10H,5-6H2,(H,15,18)(H,17,21)(H,19,20)(H,22,23)/t10-/m0/s1. The molecule has 0 aliphatic rings. The maximum Gasteiger partial charge on any atom is 0.326 e. The van der Waals surface area contributed by atoms with Crippen LogP contribution in [0.4, 0.5) is 0 Å². The highest BCUT2D eigenvalue weighted by Gasteiger charge is 2.23. The Morgan fingerprint density at radius 3 is 2.43 bits per heavy atom. The van der Waals surface area contributed by atoms with Crippen LogP contribution in [0.25, 0.3) is 10.8 Å². The molecule has 1 aromatic carbocycles. The number of H-pyrrole nitrogens is 1. The first kappa shape index (κ1) is 16.1. The molecule has 2 rings (SSSR count). The average Bonchev–Trinajstić information content (AvgIpc) is 2.49. The van der Waals surface area contributed by atoms with Crippen LogP contribution in [0.1, 0.15) is 12.1 Å². The zero-order valence-electron chi connectivity index (χ0n) is 11.8. The van der Waals surface area contributed by atoms with Crippen LogP contribution < -0.4 is 10.9 Å². The number of benzene rings is 1. The second kappa shape index (κ2) is 6.69. The number of aliphatic carboxylic acids is 2. The molecule has 1 heterocycles. The fourth-order valence-corrected chi connectivity index (χ4v) is 2.08. The number of carboxylic acid groups (broad SMARTS) is 2. The summed E-state index contributed by atoms with van der Waals surface area (Å²) < 4.78 is 0. The first-order valence-corrected chi connectivity index (χ1v) is 6.58. The number of carbonyl (C=O) groups is 3. The molecule has 9 nitrogen and oxygen atoms in total. The number of nitrogens with one attached hydrogen (secondary N) is 2. The summed E-state index contributed by atoms with van der Waals surface area (Å²) in [6.07, 6.45) is -1.03. The predicted molar refractivity (Wildman–Crippen MR) is 77.9 cm³/mol. The molecule has 23 heavy (non-hydrogen) atoms. The Bertz CT molecular complexity index is 829. The average molecular weight is 319 g/mol. The third kappa shape index (κ3) is 3.90. The smallest absolute Gasteiger partial charge is 0.326 e. The number of rotatable bonds is 6. The summed E-state index contributed by atoms with van der Waals surface area (Å²) in [6, 6.07) is 4.99. The van der Waals surface area contributed by atoms with E-state index >= 15 is 0 Å². The predicted octanol–water partition coefficient (Wildman–Crippen LogP) is -0.490. The fourth-order valence-electron chi connectivity index (χ4n) is 2.08. The molecule has 1 amide bonds. The van der Waals surface area contributed by atoms with Gasteiger partial charge in [0.15, 0.2) is 0 Å². The van der Waals surface area contributed by atoms with Gasteiger partial charge in [0.2, 0.25) is 5.91 Å². The molecular formula is C14H13N3O6. The lowest BCUT2D eigenvalue weighted by molar-refractivity contribution is -0.147. The normalized spacial score (nSPS) is 11.8. The van der Waals surface area contributed by atoms with E-state index in [1.807, 2.05) is 0 Å². The molecule has 1 atom stereocenters. The first-order chi connectivity index (χ1) is 10.9. The number of carbonyl (C=O) groups excluding carboxylic acids is 1. The van der Waals surface area contributed by atoms with E-state index in [-0.39, 0.29) is 12.1 Å². The van der Waals surface area contributed by atoms with Crippen molar-refractivity contribution in [2.75, 3.05) is 0 Å². The van der Waals surface area contributed by atoms with Crippen LogP contribution in [0.15, 0.2) is 29.1 Å².